The summed E-state index contributed by atoms with van der Waals surface area (Å²) in [5.74, 6) is -1.02. The summed E-state index contributed by atoms with van der Waals surface area (Å²) in [5.41, 5.74) is 2.63. The molecule has 1 unspecified atom stereocenters. The van der Waals surface area contributed by atoms with Crippen LogP contribution in [0.2, 0.25) is 0 Å². The molecule has 0 saturated carbocycles. The van der Waals surface area contributed by atoms with Crippen LogP contribution in [0.3, 0.4) is 0 Å². The predicted molar refractivity (Wildman–Crippen MR) is 98.9 cm³/mol. The lowest BCUT2D eigenvalue weighted by Crippen LogP contribution is -2.26. The zero-order valence-corrected chi connectivity index (χ0v) is 14.4. The molecule has 0 aliphatic rings. The number of hydrogen-bond acceptors (Lipinski definition) is 3. The van der Waals surface area contributed by atoms with Crippen LogP contribution in [0.15, 0.2) is 48.5 Å². The van der Waals surface area contributed by atoms with Crippen molar-refractivity contribution in [3.63, 3.8) is 0 Å². The van der Waals surface area contributed by atoms with E-state index >= 15 is 0 Å². The fraction of sp³-hybridized carbons (Fsp3) is 0.263. The number of carbonyl (C=O) groups is 2. The Morgan fingerprint density at radius 3 is 2.42 bits per heavy atom. The number of carboxylic acids is 1. The van der Waals surface area contributed by atoms with E-state index in [4.69, 9.17) is 0 Å². The van der Waals surface area contributed by atoms with E-state index < -0.39 is 5.97 Å². The third-order valence-corrected chi connectivity index (χ3v) is 4.27. The van der Waals surface area contributed by atoms with Crippen molar-refractivity contribution in [2.24, 2.45) is 5.92 Å². The normalized spacial score (nSPS) is 11.8. The van der Waals surface area contributed by atoms with Gasteiger partial charge in [0.2, 0.25) is 5.91 Å². The van der Waals surface area contributed by atoms with Gasteiger partial charge in [-0.15, -0.1) is 0 Å². The first-order chi connectivity index (χ1) is 11.5. The average molecular weight is 343 g/mol. The van der Waals surface area contributed by atoms with Crippen molar-refractivity contribution in [1.82, 2.24) is 0 Å². The molecule has 126 valence electrons. The van der Waals surface area contributed by atoms with Gasteiger partial charge in [0.15, 0.2) is 0 Å². The molecule has 0 aliphatic heterocycles. The molecule has 0 bridgehead atoms. The molecule has 0 aliphatic carbocycles. The van der Waals surface area contributed by atoms with Gasteiger partial charge in [0, 0.05) is 11.4 Å². The van der Waals surface area contributed by atoms with Gasteiger partial charge in [-0.2, -0.15) is 12.6 Å². The van der Waals surface area contributed by atoms with Gasteiger partial charge in [0.1, 0.15) is 0 Å². The van der Waals surface area contributed by atoms with Crippen LogP contribution in [0, 0.1) is 5.92 Å². The maximum atomic E-state index is 12.5. The number of nitrogens with one attached hydrogen (secondary N) is 1. The topological polar surface area (TPSA) is 66.4 Å². The van der Waals surface area contributed by atoms with E-state index in [9.17, 15) is 14.7 Å². The second-order valence-corrected chi connectivity index (χ2v) is 6.00. The smallest absolute Gasteiger partial charge is 0.335 e. The van der Waals surface area contributed by atoms with Gasteiger partial charge >= 0.3 is 5.97 Å². The first kappa shape index (κ1) is 18.1. The average Bonchev–Trinajstić information content (AvgIpc) is 2.60. The molecule has 0 radical (unpaired) electrons. The van der Waals surface area contributed by atoms with E-state index in [0.717, 1.165) is 11.1 Å². The van der Waals surface area contributed by atoms with Gasteiger partial charge in [0.25, 0.3) is 0 Å². The van der Waals surface area contributed by atoms with Crippen LogP contribution in [0.5, 0.6) is 0 Å². The molecule has 4 nitrogen and oxygen atoms in total. The Morgan fingerprint density at radius 1 is 1.12 bits per heavy atom. The minimum absolute atomic E-state index is 0.154. The number of rotatable bonds is 7. The molecule has 2 N–H and O–H groups in total. The second kappa shape index (κ2) is 8.55. The van der Waals surface area contributed by atoms with Gasteiger partial charge in [0.05, 0.1) is 11.5 Å². The van der Waals surface area contributed by atoms with Gasteiger partial charge in [-0.1, -0.05) is 37.3 Å². The Bertz CT molecular complexity index is 716. The molecular formula is C19H21NO3S. The van der Waals surface area contributed by atoms with Crippen LogP contribution in [-0.4, -0.2) is 22.7 Å². The first-order valence-electron chi connectivity index (χ1n) is 7.86. The third-order valence-electron chi connectivity index (χ3n) is 3.83. The van der Waals surface area contributed by atoms with Crippen LogP contribution in [0.25, 0.3) is 0 Å². The number of carboxylic acid groups (broad SMARTS) is 1. The monoisotopic (exact) mass is 343 g/mol. The van der Waals surface area contributed by atoms with E-state index in [1.54, 1.807) is 6.07 Å². The lowest BCUT2D eigenvalue weighted by atomic mass is 10.00. The Balaban J connectivity index is 2.15. The number of benzene rings is 2. The number of anilines is 1. The molecule has 0 saturated heterocycles. The van der Waals surface area contributed by atoms with Crippen LogP contribution in [0.4, 0.5) is 5.69 Å². The van der Waals surface area contributed by atoms with E-state index in [1.807, 2.05) is 43.3 Å². The molecule has 0 heterocycles. The quantitative estimate of drug-likeness (QED) is 0.672. The molecule has 0 spiro atoms. The largest absolute Gasteiger partial charge is 0.478 e. The van der Waals surface area contributed by atoms with Crippen LogP contribution < -0.4 is 5.32 Å². The molecule has 2 aromatic carbocycles. The molecule has 0 fully saturated rings. The molecule has 1 atom stereocenters. The number of carbonyl (C=O) groups excluding carboxylic acids is 1. The van der Waals surface area contributed by atoms with Crippen LogP contribution in [0.1, 0.15) is 28.4 Å². The molecule has 5 heteroatoms. The fourth-order valence-electron chi connectivity index (χ4n) is 2.47. The number of aromatic carboxylic acids is 1. The summed E-state index contributed by atoms with van der Waals surface area (Å²) in [6.07, 6.45) is 1.29. The number of hydrogen-bond donors (Lipinski definition) is 3. The number of amides is 1. The van der Waals surface area contributed by atoms with Gasteiger partial charge in [-0.25, -0.2) is 4.79 Å². The minimum atomic E-state index is -1.00. The van der Waals surface area contributed by atoms with E-state index in [2.05, 4.69) is 17.9 Å². The zero-order chi connectivity index (χ0) is 17.5. The summed E-state index contributed by atoms with van der Waals surface area (Å²) in [6, 6.07) is 14.7. The van der Waals surface area contributed by atoms with Gasteiger partial charge in [-0.3, -0.25) is 4.79 Å². The first-order valence-corrected chi connectivity index (χ1v) is 8.49. The van der Waals surface area contributed by atoms with Crippen molar-refractivity contribution in [3.05, 3.63) is 65.2 Å². The molecule has 2 aromatic rings. The second-order valence-electron chi connectivity index (χ2n) is 5.64. The summed E-state index contributed by atoms with van der Waals surface area (Å²) in [6.45, 7) is 1.94. The summed E-state index contributed by atoms with van der Waals surface area (Å²) in [4.78, 5) is 23.7. The zero-order valence-electron chi connectivity index (χ0n) is 13.5. The lowest BCUT2D eigenvalue weighted by molar-refractivity contribution is -0.119. The Labute approximate surface area is 147 Å². The lowest BCUT2D eigenvalue weighted by Gasteiger charge is -2.15. The molecule has 24 heavy (non-hydrogen) atoms. The maximum absolute atomic E-state index is 12.5. The minimum Gasteiger partial charge on any atom is -0.478 e. The fourth-order valence-corrected chi connectivity index (χ4v) is 2.77. The van der Waals surface area contributed by atoms with Crippen molar-refractivity contribution in [2.45, 2.75) is 19.8 Å². The van der Waals surface area contributed by atoms with Gasteiger partial charge in [-0.05, 0) is 42.2 Å². The summed E-state index contributed by atoms with van der Waals surface area (Å²) in [7, 11) is 0. The Hall–Kier alpha value is -2.27. The van der Waals surface area contributed by atoms with Crippen LogP contribution >= 0.6 is 12.6 Å². The standard InChI is InChI=1S/C19H21NO3S/c1-2-13-8-15(19(22)23)11-17(10-13)20-18(21)16(12-24)9-14-6-4-3-5-7-14/h3-8,10-11,16,24H,2,9,12H2,1H3,(H,20,21)(H,22,23). The number of aryl methyl sites for hydroxylation is 1. The summed E-state index contributed by atoms with van der Waals surface area (Å²) >= 11 is 4.29. The Morgan fingerprint density at radius 2 is 1.83 bits per heavy atom. The maximum Gasteiger partial charge on any atom is 0.335 e. The van der Waals surface area contributed by atoms with Crippen molar-refractivity contribution < 1.29 is 14.7 Å². The van der Waals surface area contributed by atoms with E-state index in [0.29, 0.717) is 24.3 Å². The highest BCUT2D eigenvalue weighted by atomic mass is 32.1. The highest BCUT2D eigenvalue weighted by Gasteiger charge is 2.18. The van der Waals surface area contributed by atoms with Crippen molar-refractivity contribution >= 4 is 30.2 Å². The third kappa shape index (κ3) is 4.86. The van der Waals surface area contributed by atoms with E-state index in [-0.39, 0.29) is 17.4 Å². The highest BCUT2D eigenvalue weighted by Crippen LogP contribution is 2.18. The molecule has 0 aromatic heterocycles. The van der Waals surface area contributed by atoms with Crippen molar-refractivity contribution in [1.29, 1.82) is 0 Å². The highest BCUT2D eigenvalue weighted by molar-refractivity contribution is 7.80. The molecule has 2 rings (SSSR count). The van der Waals surface area contributed by atoms with Crippen LogP contribution in [-0.2, 0) is 17.6 Å². The van der Waals surface area contributed by atoms with Gasteiger partial charge < -0.3 is 10.4 Å². The van der Waals surface area contributed by atoms with Crippen molar-refractivity contribution in [2.75, 3.05) is 11.1 Å². The SMILES string of the molecule is CCc1cc(NC(=O)C(CS)Cc2ccccc2)cc(C(=O)O)c1. The molecule has 1 amide bonds. The predicted octanol–water partition coefficient (Wildman–Crippen LogP) is 3.67. The van der Waals surface area contributed by atoms with E-state index in [1.165, 1.54) is 6.07 Å². The Kier molecular flexibility index (Phi) is 6.44. The number of thiol groups is 1. The summed E-state index contributed by atoms with van der Waals surface area (Å²) in [5, 5.41) is 12.0. The molecular weight excluding hydrogens is 322 g/mol. The summed E-state index contributed by atoms with van der Waals surface area (Å²) < 4.78 is 0. The van der Waals surface area contributed by atoms with Crippen molar-refractivity contribution in [3.8, 4) is 0 Å².